The lowest BCUT2D eigenvalue weighted by atomic mass is 9.81. The van der Waals surface area contributed by atoms with Gasteiger partial charge in [0.05, 0.1) is 24.3 Å². The highest BCUT2D eigenvalue weighted by molar-refractivity contribution is 6.03. The number of hydrogen-bond acceptors (Lipinski definition) is 5. The Kier molecular flexibility index (Phi) is 8.43. The van der Waals surface area contributed by atoms with E-state index in [0.29, 0.717) is 18.5 Å². The smallest absolute Gasteiger partial charge is 0.424 e. The van der Waals surface area contributed by atoms with Gasteiger partial charge < -0.3 is 14.4 Å². The Labute approximate surface area is 261 Å². The number of carbonyl (C=O) groups is 2. The lowest BCUT2D eigenvalue weighted by Crippen LogP contribution is -2.37. The summed E-state index contributed by atoms with van der Waals surface area (Å²) in [5.41, 5.74) is 9.02. The molecule has 7 nitrogen and oxygen atoms in total. The van der Waals surface area contributed by atoms with Crippen molar-refractivity contribution < 1.29 is 23.6 Å². The van der Waals surface area contributed by atoms with E-state index in [2.05, 4.69) is 124 Å². The summed E-state index contributed by atoms with van der Waals surface area (Å²) < 4.78 is 13.0. The third-order valence-electron chi connectivity index (χ3n) is 9.16. The zero-order chi connectivity index (χ0) is 31.8. The summed E-state index contributed by atoms with van der Waals surface area (Å²) in [5, 5.41) is 0. The number of hydrogen-bond donors (Lipinski definition) is 0. The van der Waals surface area contributed by atoms with Crippen molar-refractivity contribution in [2.45, 2.75) is 65.2 Å². The van der Waals surface area contributed by atoms with E-state index in [1.54, 1.807) is 13.8 Å². The summed E-state index contributed by atoms with van der Waals surface area (Å²) >= 11 is 0. The number of ether oxygens (including phenoxy) is 2. The molecular weight excluding hydrogens is 550 g/mol. The molecule has 0 spiro atoms. The molecule has 2 aliphatic heterocycles. The first-order valence-electron chi connectivity index (χ1n) is 15.5. The molecule has 0 N–H and O–H groups in total. The molecule has 5 rings (SSSR count). The maximum absolute atomic E-state index is 13.3. The summed E-state index contributed by atoms with van der Waals surface area (Å²) in [6.45, 7) is 12.6. The van der Waals surface area contributed by atoms with Gasteiger partial charge in [-0.05, 0) is 69.4 Å². The summed E-state index contributed by atoms with van der Waals surface area (Å²) in [4.78, 5) is 30.0. The van der Waals surface area contributed by atoms with Gasteiger partial charge in [0.25, 0.3) is 0 Å². The monoisotopic (exact) mass is 594 g/mol. The van der Waals surface area contributed by atoms with Crippen molar-refractivity contribution in [3.63, 3.8) is 0 Å². The van der Waals surface area contributed by atoms with Crippen LogP contribution in [0.25, 0.3) is 0 Å². The Bertz CT molecular complexity index is 1640. The number of fused-ring (bicyclic) bond motifs is 2. The van der Waals surface area contributed by atoms with Crippen molar-refractivity contribution in [2.75, 3.05) is 32.2 Å². The normalized spacial score (nSPS) is 20.1. The van der Waals surface area contributed by atoms with E-state index < -0.39 is 12.2 Å². The van der Waals surface area contributed by atoms with Gasteiger partial charge in [-0.15, -0.1) is 0 Å². The molecule has 0 saturated heterocycles. The second-order valence-corrected chi connectivity index (χ2v) is 12.5. The topological polar surface area (TPSA) is 62.1 Å². The SMILES string of the molecule is CCOC(=O)N(C(=O)OCC)C1=C(/C=C/C2=[N+](C)c3ccccc3C2(C)C)CC/C1=C\C=C1\N(C)c2ccccc2C1(C)C. The zero-order valence-corrected chi connectivity index (χ0v) is 27.2. The number of benzene rings is 2. The maximum Gasteiger partial charge on any atom is 0.424 e. The summed E-state index contributed by atoms with van der Waals surface area (Å²) in [5.74, 6) is 0. The lowest BCUT2D eigenvalue weighted by Gasteiger charge is -2.24. The standard InChI is InChI=1S/C37H44N3O4/c1-9-43-34(41)40(35(42)44-10-2)33-25(21-23-31-36(3,4)27-15-11-13-17-29(27)38(31)7)19-20-26(33)22-24-32-37(5,6)28-16-12-14-18-30(28)39(32)8/h11-18,21-24H,9-10,19-20H2,1-8H3/q+1. The molecule has 230 valence electrons. The van der Waals surface area contributed by atoms with E-state index in [-0.39, 0.29) is 24.0 Å². The zero-order valence-electron chi connectivity index (χ0n) is 27.2. The fraction of sp³-hybridized carbons (Fsp3) is 0.378. The van der Waals surface area contributed by atoms with Crippen LogP contribution in [0.2, 0.25) is 0 Å². The van der Waals surface area contributed by atoms with Crippen molar-refractivity contribution in [3.8, 4) is 0 Å². The predicted molar refractivity (Wildman–Crippen MR) is 176 cm³/mol. The van der Waals surface area contributed by atoms with Gasteiger partial charge in [0.1, 0.15) is 7.05 Å². The van der Waals surface area contributed by atoms with Crippen LogP contribution >= 0.6 is 0 Å². The first kappa shape index (κ1) is 31.0. The largest absolute Gasteiger partial charge is 0.449 e. The van der Waals surface area contributed by atoms with Gasteiger partial charge in [0.2, 0.25) is 5.69 Å². The summed E-state index contributed by atoms with van der Waals surface area (Å²) in [6.07, 6.45) is 8.20. The minimum absolute atomic E-state index is 0.142. The van der Waals surface area contributed by atoms with Crippen molar-refractivity contribution in [2.24, 2.45) is 0 Å². The Morgan fingerprint density at radius 3 is 2.09 bits per heavy atom. The van der Waals surface area contributed by atoms with E-state index >= 15 is 0 Å². The second kappa shape index (κ2) is 11.9. The van der Waals surface area contributed by atoms with Crippen LogP contribution in [0.4, 0.5) is 21.0 Å². The molecule has 0 atom stereocenters. The van der Waals surface area contributed by atoms with Gasteiger partial charge >= 0.3 is 12.2 Å². The van der Waals surface area contributed by atoms with Crippen LogP contribution in [-0.2, 0) is 20.3 Å². The van der Waals surface area contributed by atoms with Gasteiger partial charge in [-0.25, -0.2) is 9.59 Å². The number of imide groups is 1. The average molecular weight is 595 g/mol. The van der Waals surface area contributed by atoms with Crippen LogP contribution in [0, 0.1) is 0 Å². The van der Waals surface area contributed by atoms with E-state index in [9.17, 15) is 9.59 Å². The van der Waals surface area contributed by atoms with Crippen LogP contribution in [-0.4, -0.2) is 54.7 Å². The minimum Gasteiger partial charge on any atom is -0.449 e. The Hall–Kier alpha value is -4.39. The quantitative estimate of drug-likeness (QED) is 0.316. The van der Waals surface area contributed by atoms with Crippen molar-refractivity contribution in [3.05, 3.63) is 107 Å². The molecule has 0 aromatic heterocycles. The van der Waals surface area contributed by atoms with E-state index in [0.717, 1.165) is 27.5 Å². The molecule has 0 fully saturated rings. The molecule has 0 unspecified atom stereocenters. The molecule has 2 aromatic rings. The van der Waals surface area contributed by atoms with Crippen molar-refractivity contribution in [1.82, 2.24) is 4.90 Å². The van der Waals surface area contributed by atoms with Crippen LogP contribution in [0.5, 0.6) is 0 Å². The van der Waals surface area contributed by atoms with Crippen LogP contribution in [0.3, 0.4) is 0 Å². The third-order valence-corrected chi connectivity index (χ3v) is 9.16. The third kappa shape index (κ3) is 5.18. The minimum atomic E-state index is -0.739. The van der Waals surface area contributed by atoms with Crippen LogP contribution in [0.1, 0.15) is 65.5 Å². The lowest BCUT2D eigenvalue weighted by molar-refractivity contribution is -0.401. The van der Waals surface area contributed by atoms with Gasteiger partial charge in [-0.1, -0.05) is 62.4 Å². The number of likely N-dealkylation sites (N-methyl/N-ethyl adjacent to an activating group) is 1. The number of nitrogens with zero attached hydrogens (tertiary/aromatic N) is 3. The van der Waals surface area contributed by atoms with E-state index in [1.807, 2.05) is 0 Å². The molecule has 2 aromatic carbocycles. The highest BCUT2D eigenvalue weighted by Crippen LogP contribution is 2.47. The fourth-order valence-electron chi connectivity index (χ4n) is 6.92. The number of para-hydroxylation sites is 2. The predicted octanol–water partition coefficient (Wildman–Crippen LogP) is 8.15. The second-order valence-electron chi connectivity index (χ2n) is 12.5. The van der Waals surface area contributed by atoms with Gasteiger partial charge in [-0.2, -0.15) is 9.48 Å². The molecule has 0 radical (unpaired) electrons. The van der Waals surface area contributed by atoms with Crippen LogP contribution < -0.4 is 4.90 Å². The van der Waals surface area contributed by atoms with Crippen molar-refractivity contribution in [1.29, 1.82) is 0 Å². The van der Waals surface area contributed by atoms with Crippen molar-refractivity contribution >= 4 is 29.3 Å². The highest BCUT2D eigenvalue weighted by Gasteiger charge is 2.43. The first-order valence-corrected chi connectivity index (χ1v) is 15.5. The van der Waals surface area contributed by atoms with Crippen LogP contribution in [0.15, 0.2) is 95.4 Å². The van der Waals surface area contributed by atoms with Gasteiger partial charge in [-0.3, -0.25) is 0 Å². The number of allylic oxidation sites excluding steroid dienone is 7. The van der Waals surface area contributed by atoms with E-state index in [4.69, 9.17) is 9.47 Å². The number of carbonyl (C=O) groups excluding carboxylic acids is 2. The van der Waals surface area contributed by atoms with Gasteiger partial charge in [0.15, 0.2) is 5.71 Å². The Morgan fingerprint density at radius 2 is 1.48 bits per heavy atom. The Morgan fingerprint density at radius 1 is 0.864 bits per heavy atom. The molecule has 3 aliphatic rings. The van der Waals surface area contributed by atoms with E-state index in [1.165, 1.54) is 22.5 Å². The molecule has 1 aliphatic carbocycles. The molecule has 0 bridgehead atoms. The molecular formula is C37H44N3O4+. The maximum atomic E-state index is 13.3. The number of amides is 2. The highest BCUT2D eigenvalue weighted by atomic mass is 16.6. The summed E-state index contributed by atoms with van der Waals surface area (Å²) in [6, 6.07) is 16.9. The first-order chi connectivity index (χ1) is 20.9. The Balaban J connectivity index is 1.62. The summed E-state index contributed by atoms with van der Waals surface area (Å²) in [7, 11) is 4.16. The molecule has 7 heteroatoms. The molecule has 0 saturated carbocycles. The molecule has 2 amide bonds. The number of anilines is 1. The van der Waals surface area contributed by atoms with Gasteiger partial charge in [0, 0.05) is 41.6 Å². The molecule has 2 heterocycles. The number of rotatable bonds is 6. The molecule has 44 heavy (non-hydrogen) atoms. The average Bonchev–Trinajstić information content (AvgIpc) is 3.53. The fourth-order valence-corrected chi connectivity index (χ4v) is 6.92.